The predicted molar refractivity (Wildman–Crippen MR) is 80.5 cm³/mol. The smallest absolute Gasteiger partial charge is 0.133 e. The number of nitrogens with two attached hydrogens (primary N) is 1. The van der Waals surface area contributed by atoms with Gasteiger partial charge in [0.25, 0.3) is 0 Å². The number of rotatable bonds is 8. The molecule has 0 bridgehead atoms. The third kappa shape index (κ3) is 3.91. The highest BCUT2D eigenvalue weighted by Crippen LogP contribution is 2.24. The zero-order valence-electron chi connectivity index (χ0n) is 12.6. The fraction of sp³-hybridized carbons (Fsp3) is 0.667. The van der Waals surface area contributed by atoms with Gasteiger partial charge in [-0.1, -0.05) is 13.8 Å². The van der Waals surface area contributed by atoms with Gasteiger partial charge in [-0.3, -0.25) is 0 Å². The van der Waals surface area contributed by atoms with E-state index >= 15 is 0 Å². The lowest BCUT2D eigenvalue weighted by molar-refractivity contribution is 0.202. The maximum atomic E-state index is 5.90. The van der Waals surface area contributed by atoms with E-state index in [1.54, 1.807) is 7.11 Å². The summed E-state index contributed by atoms with van der Waals surface area (Å²) >= 11 is 0. The Bertz CT molecular complexity index is 378. The van der Waals surface area contributed by atoms with Gasteiger partial charge in [0.15, 0.2) is 0 Å². The first-order valence-electron chi connectivity index (χ1n) is 7.09. The molecule has 0 aliphatic carbocycles. The van der Waals surface area contributed by atoms with Crippen molar-refractivity contribution in [3.8, 4) is 0 Å². The first kappa shape index (κ1) is 15.9. The Kier molecular flexibility index (Phi) is 6.81. The maximum Gasteiger partial charge on any atom is 0.133 e. The van der Waals surface area contributed by atoms with Crippen molar-refractivity contribution in [2.24, 2.45) is 5.73 Å². The van der Waals surface area contributed by atoms with Gasteiger partial charge in [-0.2, -0.15) is 0 Å². The van der Waals surface area contributed by atoms with Crippen LogP contribution in [0.15, 0.2) is 12.3 Å². The first-order chi connectivity index (χ1) is 9.19. The molecule has 0 spiro atoms. The predicted octanol–water partition coefficient (Wildman–Crippen LogP) is 2.49. The summed E-state index contributed by atoms with van der Waals surface area (Å²) < 4.78 is 5.24. The Morgan fingerprint density at radius 1 is 1.37 bits per heavy atom. The minimum absolute atomic E-state index is 0.481. The van der Waals surface area contributed by atoms with Gasteiger partial charge in [0.2, 0.25) is 0 Å². The highest BCUT2D eigenvalue weighted by molar-refractivity contribution is 5.51. The number of anilines is 1. The van der Waals surface area contributed by atoms with Crippen molar-refractivity contribution in [1.82, 2.24) is 4.98 Å². The molecule has 0 aliphatic rings. The Morgan fingerprint density at radius 2 is 2.05 bits per heavy atom. The monoisotopic (exact) mass is 265 g/mol. The molecule has 0 radical (unpaired) electrons. The van der Waals surface area contributed by atoms with E-state index in [9.17, 15) is 0 Å². The van der Waals surface area contributed by atoms with E-state index in [-0.39, 0.29) is 0 Å². The molecule has 4 nitrogen and oxygen atoms in total. The molecule has 4 heteroatoms. The van der Waals surface area contributed by atoms with E-state index in [1.807, 2.05) is 12.3 Å². The Hall–Kier alpha value is -1.13. The van der Waals surface area contributed by atoms with E-state index in [0.29, 0.717) is 19.2 Å². The van der Waals surface area contributed by atoms with Gasteiger partial charge in [0.1, 0.15) is 5.82 Å². The Labute approximate surface area is 117 Å². The van der Waals surface area contributed by atoms with Gasteiger partial charge < -0.3 is 15.4 Å². The van der Waals surface area contributed by atoms with Crippen molar-refractivity contribution in [3.63, 3.8) is 0 Å². The number of hydrogen-bond donors (Lipinski definition) is 1. The molecule has 0 unspecified atom stereocenters. The number of nitrogens with zero attached hydrogens (tertiary/aromatic N) is 2. The summed E-state index contributed by atoms with van der Waals surface area (Å²) in [5.74, 6) is 1.02. The van der Waals surface area contributed by atoms with Crippen LogP contribution in [0.5, 0.6) is 0 Å². The van der Waals surface area contributed by atoms with Crippen molar-refractivity contribution >= 4 is 5.82 Å². The average molecular weight is 265 g/mol. The summed E-state index contributed by atoms with van der Waals surface area (Å²) in [7, 11) is 1.73. The van der Waals surface area contributed by atoms with Crippen LogP contribution in [-0.4, -0.2) is 31.3 Å². The summed E-state index contributed by atoms with van der Waals surface area (Å²) in [4.78, 5) is 6.92. The molecule has 1 heterocycles. The molecule has 0 saturated carbocycles. The number of hydrogen-bond acceptors (Lipinski definition) is 4. The van der Waals surface area contributed by atoms with Gasteiger partial charge >= 0.3 is 0 Å². The summed E-state index contributed by atoms with van der Waals surface area (Å²) in [6, 6.07) is 2.50. The molecule has 1 aromatic rings. The molecule has 108 valence electrons. The molecule has 0 aliphatic heterocycles. The van der Waals surface area contributed by atoms with Crippen LogP contribution in [0.4, 0.5) is 5.82 Å². The number of methoxy groups -OCH3 is 1. The van der Waals surface area contributed by atoms with Crippen LogP contribution in [-0.2, 0) is 11.3 Å². The highest BCUT2D eigenvalue weighted by atomic mass is 16.5. The molecule has 1 rings (SSSR count). The fourth-order valence-electron chi connectivity index (χ4n) is 2.45. The third-order valence-electron chi connectivity index (χ3n) is 3.66. The van der Waals surface area contributed by atoms with Crippen molar-refractivity contribution < 1.29 is 4.74 Å². The van der Waals surface area contributed by atoms with E-state index in [0.717, 1.165) is 30.8 Å². The summed E-state index contributed by atoms with van der Waals surface area (Å²) in [6.45, 7) is 8.60. The summed E-state index contributed by atoms with van der Waals surface area (Å²) in [5, 5.41) is 0. The molecule has 0 atom stereocenters. The summed E-state index contributed by atoms with van der Waals surface area (Å²) in [6.07, 6.45) is 4.06. The van der Waals surface area contributed by atoms with Crippen molar-refractivity contribution in [3.05, 3.63) is 23.4 Å². The van der Waals surface area contributed by atoms with Crippen molar-refractivity contribution in [2.75, 3.05) is 25.2 Å². The largest absolute Gasteiger partial charge is 0.383 e. The first-order valence-corrected chi connectivity index (χ1v) is 7.09. The molecular weight excluding hydrogens is 238 g/mol. The van der Waals surface area contributed by atoms with Gasteiger partial charge in [-0.05, 0) is 31.4 Å². The molecular formula is C15H27N3O. The van der Waals surface area contributed by atoms with Crippen LogP contribution in [0.1, 0.15) is 37.8 Å². The van der Waals surface area contributed by atoms with Crippen LogP contribution in [0.25, 0.3) is 0 Å². The van der Waals surface area contributed by atoms with Crippen molar-refractivity contribution in [1.29, 1.82) is 0 Å². The van der Waals surface area contributed by atoms with Crippen molar-refractivity contribution in [2.45, 2.75) is 46.2 Å². The highest BCUT2D eigenvalue weighted by Gasteiger charge is 2.20. The van der Waals surface area contributed by atoms with E-state index < -0.39 is 0 Å². The zero-order valence-corrected chi connectivity index (χ0v) is 12.6. The van der Waals surface area contributed by atoms with Crippen LogP contribution < -0.4 is 10.6 Å². The third-order valence-corrected chi connectivity index (χ3v) is 3.66. The van der Waals surface area contributed by atoms with Crippen LogP contribution in [0.3, 0.4) is 0 Å². The number of ether oxygens (including phenoxy) is 1. The maximum absolute atomic E-state index is 5.90. The minimum Gasteiger partial charge on any atom is -0.383 e. The molecule has 0 amide bonds. The van der Waals surface area contributed by atoms with E-state index in [1.165, 1.54) is 5.56 Å². The second-order valence-electron chi connectivity index (χ2n) is 4.79. The van der Waals surface area contributed by atoms with Gasteiger partial charge in [-0.15, -0.1) is 0 Å². The Balaban J connectivity index is 3.12. The standard InChI is InChI=1S/C15H27N3O/c1-5-13(6-2)18(9-10-19-4)15-14(11-16)12(3)7-8-17-15/h7-8,13H,5-6,9-11,16H2,1-4H3. The van der Waals surface area contributed by atoms with Crippen LogP contribution in [0, 0.1) is 6.92 Å². The number of aryl methyl sites for hydroxylation is 1. The molecule has 0 fully saturated rings. The van der Waals surface area contributed by atoms with E-state index in [2.05, 4.69) is 30.7 Å². The Morgan fingerprint density at radius 3 is 2.58 bits per heavy atom. The molecule has 0 aromatic carbocycles. The quantitative estimate of drug-likeness (QED) is 0.784. The van der Waals surface area contributed by atoms with E-state index in [4.69, 9.17) is 10.5 Å². The SMILES string of the molecule is CCC(CC)N(CCOC)c1nccc(C)c1CN. The van der Waals surface area contributed by atoms with Crippen LogP contribution in [0.2, 0.25) is 0 Å². The molecule has 2 N–H and O–H groups in total. The molecule has 1 aromatic heterocycles. The minimum atomic E-state index is 0.481. The normalized spacial score (nSPS) is 11.1. The molecule has 0 saturated heterocycles. The number of aromatic nitrogens is 1. The zero-order chi connectivity index (χ0) is 14.3. The average Bonchev–Trinajstić information content (AvgIpc) is 2.43. The topological polar surface area (TPSA) is 51.4 Å². The lowest BCUT2D eigenvalue weighted by Crippen LogP contribution is -2.38. The lowest BCUT2D eigenvalue weighted by atomic mass is 10.1. The van der Waals surface area contributed by atoms with Gasteiger partial charge in [0.05, 0.1) is 6.61 Å². The van der Waals surface area contributed by atoms with Gasteiger partial charge in [-0.25, -0.2) is 4.98 Å². The fourth-order valence-corrected chi connectivity index (χ4v) is 2.45. The summed E-state index contributed by atoms with van der Waals surface area (Å²) in [5.41, 5.74) is 8.26. The molecule has 19 heavy (non-hydrogen) atoms. The van der Waals surface area contributed by atoms with Crippen LogP contribution >= 0.6 is 0 Å². The second kappa shape index (κ2) is 8.12. The second-order valence-corrected chi connectivity index (χ2v) is 4.79. The van der Waals surface area contributed by atoms with Gasteiger partial charge in [0, 0.05) is 38.0 Å². The number of pyridine rings is 1. The lowest BCUT2D eigenvalue weighted by Gasteiger charge is -2.33.